The second kappa shape index (κ2) is 6.65. The number of ether oxygens (including phenoxy) is 1. The van der Waals surface area contributed by atoms with Gasteiger partial charge in [0, 0.05) is 26.3 Å². The fraction of sp³-hybridized carbons (Fsp3) is 0.417. The van der Waals surface area contributed by atoms with Crippen LogP contribution in [0.2, 0.25) is 5.28 Å². The number of aliphatic hydroxyl groups excluding tert-OH is 1. The molecule has 1 fully saturated rings. The minimum atomic E-state index is 0.141. The molecule has 1 N–H and O–H groups in total. The van der Waals surface area contributed by atoms with E-state index in [-0.39, 0.29) is 11.0 Å². The molecule has 0 radical (unpaired) electrons. The van der Waals surface area contributed by atoms with Crippen LogP contribution in [-0.2, 0) is 4.74 Å². The molecule has 1 aliphatic heterocycles. The van der Waals surface area contributed by atoms with Crippen molar-refractivity contribution in [3.8, 4) is 0 Å². The third kappa shape index (κ3) is 2.90. The van der Waals surface area contributed by atoms with E-state index in [2.05, 4.69) is 9.97 Å². The Bertz CT molecular complexity index is 596. The minimum Gasteiger partial charge on any atom is -0.448 e. The molecule has 20 heavy (non-hydrogen) atoms. The van der Waals surface area contributed by atoms with Crippen LogP contribution in [0, 0.1) is 0 Å². The van der Waals surface area contributed by atoms with Gasteiger partial charge in [0.2, 0.25) is 5.28 Å². The monoisotopic (exact) mass is 299 g/mol. The zero-order valence-corrected chi connectivity index (χ0v) is 11.6. The van der Waals surface area contributed by atoms with E-state index in [0.717, 1.165) is 7.11 Å². The molecule has 0 aromatic carbocycles. The molecule has 0 spiro atoms. The largest absolute Gasteiger partial charge is 0.448 e. The molecule has 0 unspecified atom stereocenters. The lowest BCUT2D eigenvalue weighted by atomic mass is 10.3. The normalized spacial score (nSPS) is 14.8. The van der Waals surface area contributed by atoms with Gasteiger partial charge in [-0.25, -0.2) is 4.98 Å². The first-order chi connectivity index (χ1) is 9.78. The molecule has 0 aliphatic carbocycles. The molecule has 2 aromatic heterocycles. The molecule has 0 amide bonds. The van der Waals surface area contributed by atoms with Crippen LogP contribution in [0.4, 0.5) is 5.82 Å². The Morgan fingerprint density at radius 2 is 2.05 bits per heavy atom. The zero-order chi connectivity index (χ0) is 14.5. The van der Waals surface area contributed by atoms with Crippen LogP contribution in [0.25, 0.3) is 11.1 Å². The number of morpholine rings is 1. The first kappa shape index (κ1) is 14.7. The van der Waals surface area contributed by atoms with Gasteiger partial charge < -0.3 is 19.2 Å². The van der Waals surface area contributed by atoms with Gasteiger partial charge in [0.25, 0.3) is 0 Å². The lowest BCUT2D eigenvalue weighted by Gasteiger charge is -2.27. The number of carbonyl (C=O) groups is 1. The molecule has 8 heteroatoms. The first-order valence-corrected chi connectivity index (χ1v) is 6.35. The average Bonchev–Trinajstić information content (AvgIpc) is 2.92. The second-order valence-electron chi connectivity index (χ2n) is 3.90. The van der Waals surface area contributed by atoms with Crippen LogP contribution in [0.15, 0.2) is 10.5 Å². The van der Waals surface area contributed by atoms with E-state index < -0.39 is 0 Å². The van der Waals surface area contributed by atoms with E-state index in [9.17, 15) is 4.79 Å². The van der Waals surface area contributed by atoms with Gasteiger partial charge in [0.05, 0.1) is 13.2 Å². The summed E-state index contributed by atoms with van der Waals surface area (Å²) in [6.45, 7) is 2.67. The summed E-state index contributed by atoms with van der Waals surface area (Å²) in [6, 6.07) is 1.56. The Morgan fingerprint density at radius 1 is 1.35 bits per heavy atom. The highest BCUT2D eigenvalue weighted by molar-refractivity contribution is 6.28. The highest BCUT2D eigenvalue weighted by Gasteiger charge is 2.20. The van der Waals surface area contributed by atoms with Gasteiger partial charge in [-0.3, -0.25) is 4.79 Å². The van der Waals surface area contributed by atoms with Crippen molar-refractivity contribution in [1.82, 2.24) is 9.97 Å². The molecule has 7 nitrogen and oxygen atoms in total. The Kier molecular flexibility index (Phi) is 4.89. The molecule has 3 heterocycles. The number of hydrogen-bond acceptors (Lipinski definition) is 7. The molecule has 3 rings (SSSR count). The zero-order valence-electron chi connectivity index (χ0n) is 10.9. The third-order valence-corrected chi connectivity index (χ3v) is 2.94. The van der Waals surface area contributed by atoms with E-state index in [1.807, 2.05) is 4.90 Å². The number of aliphatic hydroxyl groups is 1. The lowest BCUT2D eigenvalue weighted by Crippen LogP contribution is -2.36. The number of aldehydes is 1. The average molecular weight is 300 g/mol. The van der Waals surface area contributed by atoms with E-state index in [4.69, 9.17) is 25.9 Å². The molecule has 1 aliphatic rings. The topological polar surface area (TPSA) is 88.7 Å². The number of nitrogens with zero attached hydrogens (tertiary/aromatic N) is 3. The van der Waals surface area contributed by atoms with Crippen LogP contribution >= 0.6 is 11.6 Å². The van der Waals surface area contributed by atoms with Crippen molar-refractivity contribution in [1.29, 1.82) is 0 Å². The van der Waals surface area contributed by atoms with Crippen LogP contribution in [-0.4, -0.2) is 54.8 Å². The Balaban J connectivity index is 0.000000704. The number of aromatic nitrogens is 2. The standard InChI is InChI=1S/C11H10ClN3O3.CH4O/c12-11-13-8-5-7(6-16)18-9(8)10(14-11)15-1-3-17-4-2-15;1-2/h5-6H,1-4H2;2H,1H3. The van der Waals surface area contributed by atoms with Crippen molar-refractivity contribution in [2.75, 3.05) is 38.3 Å². The number of anilines is 1. The third-order valence-electron chi connectivity index (χ3n) is 2.77. The predicted octanol–water partition coefficient (Wildman–Crippen LogP) is 1.13. The lowest BCUT2D eigenvalue weighted by molar-refractivity contribution is 0.110. The van der Waals surface area contributed by atoms with Crippen molar-refractivity contribution < 1.29 is 19.1 Å². The number of carbonyl (C=O) groups excluding carboxylic acids is 1. The highest BCUT2D eigenvalue weighted by Crippen LogP contribution is 2.28. The van der Waals surface area contributed by atoms with Crippen molar-refractivity contribution in [2.24, 2.45) is 0 Å². The fourth-order valence-electron chi connectivity index (χ4n) is 1.95. The number of furan rings is 1. The second-order valence-corrected chi connectivity index (χ2v) is 4.23. The predicted molar refractivity (Wildman–Crippen MR) is 73.4 cm³/mol. The van der Waals surface area contributed by atoms with Crippen molar-refractivity contribution >= 4 is 34.8 Å². The quantitative estimate of drug-likeness (QED) is 0.657. The van der Waals surface area contributed by atoms with E-state index >= 15 is 0 Å². The van der Waals surface area contributed by atoms with Gasteiger partial charge in [-0.1, -0.05) is 0 Å². The van der Waals surface area contributed by atoms with Crippen LogP contribution < -0.4 is 4.90 Å². The fourth-order valence-corrected chi connectivity index (χ4v) is 2.12. The number of rotatable bonds is 2. The molecule has 108 valence electrons. The molecule has 0 saturated carbocycles. The smallest absolute Gasteiger partial charge is 0.225 e. The Labute approximate surface area is 120 Å². The summed E-state index contributed by atoms with van der Waals surface area (Å²) in [4.78, 5) is 21.0. The maximum atomic E-state index is 10.7. The van der Waals surface area contributed by atoms with Crippen molar-refractivity contribution in [3.63, 3.8) is 0 Å². The van der Waals surface area contributed by atoms with Crippen LogP contribution in [0.3, 0.4) is 0 Å². The Morgan fingerprint density at radius 3 is 2.70 bits per heavy atom. The summed E-state index contributed by atoms with van der Waals surface area (Å²) in [5.74, 6) is 0.831. The summed E-state index contributed by atoms with van der Waals surface area (Å²) < 4.78 is 10.7. The van der Waals surface area contributed by atoms with Gasteiger partial charge in [-0.2, -0.15) is 4.98 Å². The highest BCUT2D eigenvalue weighted by atomic mass is 35.5. The van der Waals surface area contributed by atoms with Crippen LogP contribution in [0.5, 0.6) is 0 Å². The summed E-state index contributed by atoms with van der Waals surface area (Å²) in [5.41, 5.74) is 1.03. The maximum absolute atomic E-state index is 10.7. The molecular formula is C12H14ClN3O4. The SMILES string of the molecule is CO.O=Cc1cc2nc(Cl)nc(N3CCOCC3)c2o1. The molecule has 0 atom stereocenters. The number of hydrogen-bond donors (Lipinski definition) is 1. The van der Waals surface area contributed by atoms with E-state index in [1.54, 1.807) is 6.07 Å². The molecule has 1 saturated heterocycles. The number of halogens is 1. The van der Waals surface area contributed by atoms with Gasteiger partial charge in [0.1, 0.15) is 5.52 Å². The molecule has 0 bridgehead atoms. The summed E-state index contributed by atoms with van der Waals surface area (Å²) in [5, 5.41) is 7.14. The summed E-state index contributed by atoms with van der Waals surface area (Å²) >= 11 is 5.89. The minimum absolute atomic E-state index is 0.141. The van der Waals surface area contributed by atoms with Gasteiger partial charge >= 0.3 is 0 Å². The van der Waals surface area contributed by atoms with Crippen molar-refractivity contribution in [2.45, 2.75) is 0 Å². The summed E-state index contributed by atoms with van der Waals surface area (Å²) in [7, 11) is 1.00. The van der Waals surface area contributed by atoms with Gasteiger partial charge in [0.15, 0.2) is 23.4 Å². The molecule has 2 aromatic rings. The first-order valence-electron chi connectivity index (χ1n) is 5.97. The van der Waals surface area contributed by atoms with E-state index in [1.165, 1.54) is 0 Å². The van der Waals surface area contributed by atoms with E-state index in [0.29, 0.717) is 49.5 Å². The maximum Gasteiger partial charge on any atom is 0.225 e. The number of fused-ring (bicyclic) bond motifs is 1. The molecular weight excluding hydrogens is 286 g/mol. The summed E-state index contributed by atoms with van der Waals surface area (Å²) in [6.07, 6.45) is 0.638. The van der Waals surface area contributed by atoms with Gasteiger partial charge in [-0.15, -0.1) is 0 Å². The van der Waals surface area contributed by atoms with Gasteiger partial charge in [-0.05, 0) is 11.6 Å². The van der Waals surface area contributed by atoms with Crippen LogP contribution in [0.1, 0.15) is 10.6 Å². The van der Waals surface area contributed by atoms with Crippen molar-refractivity contribution in [3.05, 3.63) is 17.1 Å². The Hall–Kier alpha value is -1.70.